The van der Waals surface area contributed by atoms with Gasteiger partial charge in [0.25, 0.3) is 0 Å². The number of aryl methyl sites for hydroxylation is 1. The standard InChI is InChI=1S/C15H22N4O3S/c1-4-23(21,22)19-9-5-6-12(19)14-16-10(2)11-7-8-13(20)18(3)15(11)17-14/h12H,4-9H2,1-3H3/t12-/m1/s1. The molecule has 23 heavy (non-hydrogen) atoms. The lowest BCUT2D eigenvalue weighted by molar-refractivity contribution is -0.118. The second-order valence-electron chi connectivity index (χ2n) is 6.09. The highest BCUT2D eigenvalue weighted by Gasteiger charge is 2.37. The van der Waals surface area contributed by atoms with Gasteiger partial charge in [-0.3, -0.25) is 9.69 Å². The minimum Gasteiger partial charge on any atom is -0.300 e. The summed E-state index contributed by atoms with van der Waals surface area (Å²) in [6.07, 6.45) is 2.63. The first-order chi connectivity index (χ1) is 10.8. The van der Waals surface area contributed by atoms with E-state index in [-0.39, 0.29) is 17.7 Å². The third kappa shape index (κ3) is 2.74. The molecular formula is C15H22N4O3S. The SMILES string of the molecule is CCS(=O)(=O)N1CCC[C@@H]1c1nc(C)c2c(n1)N(C)C(=O)CC2. The third-order valence-electron chi connectivity index (χ3n) is 4.71. The van der Waals surface area contributed by atoms with Crippen molar-refractivity contribution in [3.05, 3.63) is 17.1 Å². The van der Waals surface area contributed by atoms with E-state index in [1.54, 1.807) is 18.9 Å². The zero-order chi connectivity index (χ0) is 16.8. The van der Waals surface area contributed by atoms with Crippen molar-refractivity contribution in [1.29, 1.82) is 0 Å². The van der Waals surface area contributed by atoms with Gasteiger partial charge in [0.1, 0.15) is 11.6 Å². The van der Waals surface area contributed by atoms with E-state index in [0.29, 0.717) is 31.0 Å². The van der Waals surface area contributed by atoms with Gasteiger partial charge < -0.3 is 0 Å². The summed E-state index contributed by atoms with van der Waals surface area (Å²) < 4.78 is 26.1. The van der Waals surface area contributed by atoms with E-state index in [4.69, 9.17) is 0 Å². The van der Waals surface area contributed by atoms with E-state index in [1.165, 1.54) is 4.31 Å². The largest absolute Gasteiger partial charge is 0.300 e. The van der Waals surface area contributed by atoms with Crippen molar-refractivity contribution in [2.24, 2.45) is 0 Å². The average Bonchev–Trinajstić information content (AvgIpc) is 3.01. The molecule has 3 heterocycles. The first-order valence-electron chi connectivity index (χ1n) is 7.98. The van der Waals surface area contributed by atoms with Crippen LogP contribution in [0.1, 0.15) is 49.3 Å². The summed E-state index contributed by atoms with van der Waals surface area (Å²) in [7, 11) is -1.57. The Morgan fingerprint density at radius 1 is 1.26 bits per heavy atom. The van der Waals surface area contributed by atoms with Crippen LogP contribution in [0.25, 0.3) is 0 Å². The first kappa shape index (κ1) is 16.3. The second-order valence-corrected chi connectivity index (χ2v) is 8.30. The fraction of sp³-hybridized carbons (Fsp3) is 0.667. The molecule has 0 unspecified atom stereocenters. The van der Waals surface area contributed by atoms with E-state index >= 15 is 0 Å². The lowest BCUT2D eigenvalue weighted by Gasteiger charge is -2.28. The van der Waals surface area contributed by atoms with Crippen molar-refractivity contribution in [2.75, 3.05) is 24.2 Å². The van der Waals surface area contributed by atoms with E-state index in [9.17, 15) is 13.2 Å². The van der Waals surface area contributed by atoms with Gasteiger partial charge in [0.2, 0.25) is 15.9 Å². The molecular weight excluding hydrogens is 316 g/mol. The van der Waals surface area contributed by atoms with Gasteiger partial charge in [0.05, 0.1) is 11.8 Å². The van der Waals surface area contributed by atoms with Crippen molar-refractivity contribution >= 4 is 21.7 Å². The van der Waals surface area contributed by atoms with Crippen LogP contribution in [0.15, 0.2) is 0 Å². The molecule has 2 aliphatic rings. The highest BCUT2D eigenvalue weighted by molar-refractivity contribution is 7.89. The highest BCUT2D eigenvalue weighted by atomic mass is 32.2. The van der Waals surface area contributed by atoms with Crippen LogP contribution in [0.3, 0.4) is 0 Å². The molecule has 0 N–H and O–H groups in total. The van der Waals surface area contributed by atoms with Gasteiger partial charge in [-0.15, -0.1) is 0 Å². The predicted molar refractivity (Wildman–Crippen MR) is 86.6 cm³/mol. The van der Waals surface area contributed by atoms with Crippen molar-refractivity contribution < 1.29 is 13.2 Å². The van der Waals surface area contributed by atoms with Gasteiger partial charge in [-0.25, -0.2) is 18.4 Å². The molecule has 1 amide bonds. The summed E-state index contributed by atoms with van der Waals surface area (Å²) in [4.78, 5) is 22.6. The second kappa shape index (κ2) is 5.83. The number of fused-ring (bicyclic) bond motifs is 1. The number of amides is 1. The Labute approximate surface area is 136 Å². The Kier molecular flexibility index (Phi) is 4.14. The maximum Gasteiger partial charge on any atom is 0.228 e. The number of hydrogen-bond acceptors (Lipinski definition) is 5. The summed E-state index contributed by atoms with van der Waals surface area (Å²) >= 11 is 0. The minimum absolute atomic E-state index is 0.0333. The number of carbonyl (C=O) groups is 1. The lowest BCUT2D eigenvalue weighted by atomic mass is 10.0. The smallest absolute Gasteiger partial charge is 0.228 e. The molecule has 1 aromatic rings. The van der Waals surface area contributed by atoms with Gasteiger partial charge in [0.15, 0.2) is 0 Å². The molecule has 0 aliphatic carbocycles. The molecule has 0 radical (unpaired) electrons. The summed E-state index contributed by atoms with van der Waals surface area (Å²) in [5.74, 6) is 1.25. The molecule has 7 nitrogen and oxygen atoms in total. The van der Waals surface area contributed by atoms with Crippen LogP contribution in [-0.2, 0) is 21.2 Å². The molecule has 1 atom stereocenters. The maximum atomic E-state index is 12.3. The highest BCUT2D eigenvalue weighted by Crippen LogP contribution is 2.35. The Morgan fingerprint density at radius 2 is 2.00 bits per heavy atom. The minimum atomic E-state index is -3.28. The van der Waals surface area contributed by atoms with E-state index in [1.807, 2.05) is 6.92 Å². The molecule has 2 aliphatic heterocycles. The summed E-state index contributed by atoms with van der Waals surface area (Å²) in [5, 5.41) is 0. The number of hydrogen-bond donors (Lipinski definition) is 0. The molecule has 126 valence electrons. The molecule has 1 fully saturated rings. The molecule has 0 saturated carbocycles. The van der Waals surface area contributed by atoms with Gasteiger partial charge in [-0.1, -0.05) is 0 Å². The number of nitrogens with zero attached hydrogens (tertiary/aromatic N) is 4. The quantitative estimate of drug-likeness (QED) is 0.826. The van der Waals surface area contributed by atoms with Crippen LogP contribution < -0.4 is 4.90 Å². The van der Waals surface area contributed by atoms with Gasteiger partial charge in [0, 0.05) is 31.3 Å². The fourth-order valence-corrected chi connectivity index (χ4v) is 4.66. The fourth-order valence-electron chi connectivity index (χ4n) is 3.34. The van der Waals surface area contributed by atoms with Crippen LogP contribution in [-0.4, -0.2) is 47.9 Å². The Bertz CT molecular complexity index is 747. The Morgan fingerprint density at radius 3 is 2.70 bits per heavy atom. The van der Waals surface area contributed by atoms with Crippen LogP contribution in [0, 0.1) is 6.92 Å². The van der Waals surface area contributed by atoms with Crippen molar-refractivity contribution in [3.63, 3.8) is 0 Å². The average molecular weight is 338 g/mol. The van der Waals surface area contributed by atoms with Crippen LogP contribution in [0.5, 0.6) is 0 Å². The Balaban J connectivity index is 2.04. The van der Waals surface area contributed by atoms with Crippen LogP contribution >= 0.6 is 0 Å². The monoisotopic (exact) mass is 338 g/mol. The topological polar surface area (TPSA) is 83.5 Å². The van der Waals surface area contributed by atoms with Crippen molar-refractivity contribution in [2.45, 2.75) is 45.6 Å². The first-order valence-corrected chi connectivity index (χ1v) is 9.59. The van der Waals surface area contributed by atoms with Crippen LogP contribution in [0.2, 0.25) is 0 Å². The molecule has 1 saturated heterocycles. The zero-order valence-electron chi connectivity index (χ0n) is 13.7. The van der Waals surface area contributed by atoms with E-state index < -0.39 is 10.0 Å². The van der Waals surface area contributed by atoms with Gasteiger partial charge in [-0.2, -0.15) is 4.31 Å². The Hall–Kier alpha value is -1.54. The van der Waals surface area contributed by atoms with Crippen molar-refractivity contribution in [1.82, 2.24) is 14.3 Å². The molecule has 8 heteroatoms. The maximum absolute atomic E-state index is 12.3. The predicted octanol–water partition coefficient (Wildman–Crippen LogP) is 1.18. The number of carbonyl (C=O) groups excluding carboxylic acids is 1. The summed E-state index contributed by atoms with van der Waals surface area (Å²) in [5.41, 5.74) is 1.82. The van der Waals surface area contributed by atoms with E-state index in [2.05, 4.69) is 9.97 Å². The molecule has 0 spiro atoms. The number of sulfonamides is 1. The number of anilines is 1. The van der Waals surface area contributed by atoms with Crippen LogP contribution in [0.4, 0.5) is 5.82 Å². The van der Waals surface area contributed by atoms with Gasteiger partial charge in [-0.05, 0) is 33.1 Å². The normalized spacial score (nSPS) is 22.5. The van der Waals surface area contributed by atoms with Crippen molar-refractivity contribution in [3.8, 4) is 0 Å². The molecule has 3 rings (SSSR count). The van der Waals surface area contributed by atoms with E-state index in [0.717, 1.165) is 24.1 Å². The number of rotatable bonds is 3. The summed E-state index contributed by atoms with van der Waals surface area (Å²) in [6, 6.07) is -0.325. The summed E-state index contributed by atoms with van der Waals surface area (Å²) in [6.45, 7) is 4.06. The molecule has 0 bridgehead atoms. The van der Waals surface area contributed by atoms with Gasteiger partial charge >= 0.3 is 0 Å². The molecule has 0 aromatic carbocycles. The number of aromatic nitrogens is 2. The third-order valence-corrected chi connectivity index (χ3v) is 6.60. The molecule has 1 aromatic heterocycles. The zero-order valence-corrected chi connectivity index (χ0v) is 14.6. The lowest BCUT2D eigenvalue weighted by Crippen LogP contribution is -2.35.